The third-order valence-electron chi connectivity index (χ3n) is 9.27. The van der Waals surface area contributed by atoms with Gasteiger partial charge in [0.2, 0.25) is 18.6 Å². The molecule has 0 spiro atoms. The van der Waals surface area contributed by atoms with Gasteiger partial charge in [0.1, 0.15) is 5.75 Å². The molecule has 0 aromatic heterocycles. The van der Waals surface area contributed by atoms with Crippen LogP contribution in [0.2, 0.25) is 0 Å². The summed E-state index contributed by atoms with van der Waals surface area (Å²) >= 11 is 0. The van der Waals surface area contributed by atoms with Gasteiger partial charge in [-0.3, -0.25) is 14.4 Å². The Morgan fingerprint density at radius 2 is 1.35 bits per heavy atom. The van der Waals surface area contributed by atoms with E-state index >= 15 is 0 Å². The Morgan fingerprint density at radius 3 is 2.21 bits per heavy atom. The Hall–Kier alpha value is -5.43. The lowest BCUT2D eigenvalue weighted by Crippen LogP contribution is -2.42. The maximum atomic E-state index is 14.6. The summed E-state index contributed by atoms with van der Waals surface area (Å²) in [5.41, 5.74) is 2.83. The number of nitrogens with zero attached hydrogens (tertiary/aromatic N) is 1. The maximum Gasteiger partial charge on any atom is 0.319 e. The molecule has 0 saturated carbocycles. The van der Waals surface area contributed by atoms with E-state index in [1.807, 2.05) is 91.0 Å². The van der Waals surface area contributed by atoms with E-state index in [-0.39, 0.29) is 12.7 Å². The van der Waals surface area contributed by atoms with Crippen LogP contribution in [0.15, 0.2) is 103 Å². The zero-order chi connectivity index (χ0) is 28.8. The molecule has 4 aliphatic rings. The predicted molar refractivity (Wildman–Crippen MR) is 160 cm³/mol. The summed E-state index contributed by atoms with van der Waals surface area (Å²) in [7, 11) is 0. The van der Waals surface area contributed by atoms with E-state index < -0.39 is 35.5 Å². The number of benzene rings is 5. The van der Waals surface area contributed by atoms with Crippen molar-refractivity contribution in [2.24, 2.45) is 17.8 Å². The lowest BCUT2D eigenvalue weighted by Gasteiger charge is -2.38. The molecular formula is C36H23NO6. The van der Waals surface area contributed by atoms with Gasteiger partial charge < -0.3 is 14.2 Å². The van der Waals surface area contributed by atoms with Gasteiger partial charge in [0.25, 0.3) is 0 Å². The number of anilines is 1. The van der Waals surface area contributed by atoms with Crippen molar-refractivity contribution in [3.63, 3.8) is 0 Å². The second kappa shape index (κ2) is 8.79. The maximum absolute atomic E-state index is 14.6. The first-order valence-electron chi connectivity index (χ1n) is 14.3. The molecule has 1 aliphatic carbocycles. The van der Waals surface area contributed by atoms with E-state index in [1.54, 1.807) is 12.1 Å². The minimum Gasteiger partial charge on any atom is -0.454 e. The van der Waals surface area contributed by atoms with Crippen LogP contribution in [0.1, 0.15) is 17.0 Å². The zero-order valence-electron chi connectivity index (χ0n) is 22.7. The molecule has 0 bridgehead atoms. The van der Waals surface area contributed by atoms with Gasteiger partial charge in [0.05, 0.1) is 23.4 Å². The van der Waals surface area contributed by atoms with Crippen molar-refractivity contribution in [2.75, 3.05) is 11.7 Å². The van der Waals surface area contributed by atoms with Gasteiger partial charge >= 0.3 is 5.97 Å². The number of ether oxygens (including phenoxy) is 3. The molecule has 43 heavy (non-hydrogen) atoms. The average Bonchev–Trinajstić information content (AvgIpc) is 3.61. The molecule has 208 valence electrons. The fourth-order valence-electron chi connectivity index (χ4n) is 7.42. The van der Waals surface area contributed by atoms with Crippen LogP contribution in [0.3, 0.4) is 0 Å². The monoisotopic (exact) mass is 565 g/mol. The highest BCUT2D eigenvalue weighted by atomic mass is 16.7. The molecule has 5 aromatic carbocycles. The van der Waals surface area contributed by atoms with Gasteiger partial charge in [0.15, 0.2) is 11.5 Å². The van der Waals surface area contributed by atoms with E-state index in [9.17, 15) is 14.4 Å². The molecule has 2 amide bonds. The topological polar surface area (TPSA) is 82.1 Å². The average molecular weight is 566 g/mol. The number of hydrogen-bond donors (Lipinski definition) is 0. The Morgan fingerprint density at radius 1 is 0.651 bits per heavy atom. The van der Waals surface area contributed by atoms with Gasteiger partial charge in [-0.25, -0.2) is 4.90 Å². The van der Waals surface area contributed by atoms with Gasteiger partial charge in [-0.2, -0.15) is 0 Å². The Kier molecular flexibility index (Phi) is 4.94. The molecule has 1 fully saturated rings. The van der Waals surface area contributed by atoms with Crippen LogP contribution in [0, 0.1) is 17.8 Å². The normalized spacial score (nSPS) is 23.6. The SMILES string of the molecule is O=C1Oc2ccc3ccccc3c2C2=C[C@H](c3ccc4c(c3)OCO4)[C@@H]3C(=O)N(c4cccc5ccccc45)C(=O)[C@H]3[C@@H]12. The Labute approximate surface area is 245 Å². The molecule has 0 unspecified atom stereocenters. The second-order valence-electron chi connectivity index (χ2n) is 11.4. The molecule has 3 heterocycles. The fraction of sp³-hybridized carbons (Fsp3) is 0.139. The number of carbonyl (C=O) groups excluding carboxylic acids is 3. The van der Waals surface area contributed by atoms with Crippen LogP contribution in [-0.2, 0) is 14.4 Å². The smallest absolute Gasteiger partial charge is 0.319 e. The Balaban J connectivity index is 1.28. The lowest BCUT2D eigenvalue weighted by molar-refractivity contribution is -0.142. The first-order chi connectivity index (χ1) is 21.1. The molecule has 0 radical (unpaired) electrons. The van der Waals surface area contributed by atoms with Crippen molar-refractivity contribution in [3.8, 4) is 17.2 Å². The molecule has 9 rings (SSSR count). The predicted octanol–water partition coefficient (Wildman–Crippen LogP) is 6.24. The summed E-state index contributed by atoms with van der Waals surface area (Å²) in [5, 5.41) is 3.63. The third kappa shape index (κ3) is 3.33. The molecule has 3 aliphatic heterocycles. The third-order valence-corrected chi connectivity index (χ3v) is 9.27. The molecule has 4 atom stereocenters. The fourth-order valence-corrected chi connectivity index (χ4v) is 7.42. The highest BCUT2D eigenvalue weighted by Gasteiger charge is 2.60. The summed E-state index contributed by atoms with van der Waals surface area (Å²) in [6.45, 7) is 0.121. The van der Waals surface area contributed by atoms with Crippen LogP contribution < -0.4 is 19.1 Å². The van der Waals surface area contributed by atoms with Gasteiger partial charge in [0, 0.05) is 16.9 Å². The van der Waals surface area contributed by atoms with Crippen LogP contribution >= 0.6 is 0 Å². The first kappa shape index (κ1) is 24.2. The van der Waals surface area contributed by atoms with Crippen LogP contribution in [0.4, 0.5) is 5.69 Å². The first-order valence-corrected chi connectivity index (χ1v) is 14.3. The molecule has 7 nitrogen and oxygen atoms in total. The number of esters is 1. The zero-order valence-corrected chi connectivity index (χ0v) is 22.7. The number of rotatable bonds is 2. The molecule has 1 saturated heterocycles. The van der Waals surface area contributed by atoms with Crippen molar-refractivity contribution in [1.29, 1.82) is 0 Å². The number of hydrogen-bond acceptors (Lipinski definition) is 6. The molecule has 0 N–H and O–H groups in total. The van der Waals surface area contributed by atoms with Gasteiger partial charge in [-0.1, -0.05) is 78.9 Å². The number of allylic oxidation sites excluding steroid dienone is 1. The van der Waals surface area contributed by atoms with Gasteiger partial charge in [-0.05, 0) is 51.6 Å². The molecule has 7 heteroatoms. The van der Waals surface area contributed by atoms with E-state index in [0.717, 1.165) is 32.7 Å². The minimum absolute atomic E-state index is 0.121. The van der Waals surface area contributed by atoms with E-state index in [4.69, 9.17) is 14.2 Å². The number of imide groups is 1. The van der Waals surface area contributed by atoms with E-state index in [0.29, 0.717) is 28.5 Å². The van der Waals surface area contributed by atoms with E-state index in [1.165, 1.54) is 4.90 Å². The number of amides is 2. The van der Waals surface area contributed by atoms with Gasteiger partial charge in [-0.15, -0.1) is 0 Å². The van der Waals surface area contributed by atoms with Crippen LogP contribution in [0.5, 0.6) is 17.2 Å². The largest absolute Gasteiger partial charge is 0.454 e. The Bertz CT molecular complexity index is 2090. The van der Waals surface area contributed by atoms with E-state index in [2.05, 4.69) is 0 Å². The summed E-state index contributed by atoms with van der Waals surface area (Å²) in [6.07, 6.45) is 2.01. The quantitative estimate of drug-likeness (QED) is 0.143. The number of fused-ring (bicyclic) bond motifs is 9. The lowest BCUT2D eigenvalue weighted by atomic mass is 9.64. The van der Waals surface area contributed by atoms with Crippen molar-refractivity contribution in [2.45, 2.75) is 5.92 Å². The second-order valence-corrected chi connectivity index (χ2v) is 11.4. The summed E-state index contributed by atoms with van der Waals surface area (Å²) in [6, 6.07) is 30.5. The van der Waals surface area contributed by atoms with Crippen molar-refractivity contribution in [1.82, 2.24) is 0 Å². The van der Waals surface area contributed by atoms with Crippen molar-refractivity contribution < 1.29 is 28.6 Å². The number of carbonyl (C=O) groups is 3. The summed E-state index contributed by atoms with van der Waals surface area (Å²) in [5.74, 6) is -2.76. The van der Waals surface area contributed by atoms with Crippen molar-refractivity contribution in [3.05, 3.63) is 114 Å². The van der Waals surface area contributed by atoms with Crippen LogP contribution in [-0.4, -0.2) is 24.6 Å². The minimum atomic E-state index is -0.943. The molecular weight excluding hydrogens is 542 g/mol. The molecule has 5 aromatic rings. The standard InChI is InChI=1S/C36H23NO6/c38-34-31-24(21-13-14-27-29(16-21)42-18-41-27)17-25-30-23-10-4-2-7-20(23)12-15-28(30)43-36(40)32(25)33(31)35(39)37(34)26-11-5-8-19-6-1-3-9-22(19)26/h1-17,24,31-33H,18H2/t24-,31+,32+,33-/m1/s1. The highest BCUT2D eigenvalue weighted by molar-refractivity contribution is 6.27. The van der Waals surface area contributed by atoms with Crippen LogP contribution in [0.25, 0.3) is 27.1 Å². The van der Waals surface area contributed by atoms with Crippen molar-refractivity contribution >= 4 is 50.6 Å². The highest BCUT2D eigenvalue weighted by Crippen LogP contribution is 2.56. The summed E-state index contributed by atoms with van der Waals surface area (Å²) < 4.78 is 17.1. The summed E-state index contributed by atoms with van der Waals surface area (Å²) in [4.78, 5) is 44.2.